The van der Waals surface area contributed by atoms with Crippen LogP contribution in [-0.2, 0) is 16.9 Å². The molecule has 0 amide bonds. The van der Waals surface area contributed by atoms with E-state index in [0.717, 1.165) is 12.4 Å². The van der Waals surface area contributed by atoms with E-state index in [2.05, 4.69) is 24.0 Å². The topological polar surface area (TPSA) is 39.9 Å². The molecule has 1 aromatic rings. The lowest BCUT2D eigenvalue weighted by atomic mass is 10.1. The molecule has 1 aromatic heterocycles. The minimum atomic E-state index is -0.370. The van der Waals surface area contributed by atoms with Crippen LogP contribution in [0, 0.1) is 5.92 Å². The van der Waals surface area contributed by atoms with E-state index in [1.54, 1.807) is 13.4 Å². The van der Waals surface area contributed by atoms with Crippen LogP contribution in [0.15, 0.2) is 6.33 Å². The van der Waals surface area contributed by atoms with E-state index in [9.17, 15) is 0 Å². The Kier molecular flexibility index (Phi) is 3.26. The van der Waals surface area contributed by atoms with Crippen LogP contribution in [0.3, 0.4) is 0 Å². The van der Waals surface area contributed by atoms with E-state index in [0.29, 0.717) is 5.92 Å². The average Bonchev–Trinajstić information content (AvgIpc) is 2.52. The van der Waals surface area contributed by atoms with E-state index in [1.807, 2.05) is 18.4 Å². The standard InChI is InChI=1S/C10H19N3O/c1-8(2)6-13-7-11-12-9(13)10(3,4)14-5/h7-8H,6H2,1-5H3. The van der Waals surface area contributed by atoms with Gasteiger partial charge in [0.1, 0.15) is 11.9 Å². The van der Waals surface area contributed by atoms with Crippen LogP contribution in [0.2, 0.25) is 0 Å². The summed E-state index contributed by atoms with van der Waals surface area (Å²) in [4.78, 5) is 0. The summed E-state index contributed by atoms with van der Waals surface area (Å²) in [7, 11) is 1.69. The second kappa shape index (κ2) is 4.09. The van der Waals surface area contributed by atoms with E-state index < -0.39 is 0 Å². The zero-order chi connectivity index (χ0) is 10.8. The lowest BCUT2D eigenvalue weighted by Gasteiger charge is -2.23. The molecule has 0 aliphatic carbocycles. The van der Waals surface area contributed by atoms with Gasteiger partial charge in [-0.3, -0.25) is 0 Å². The van der Waals surface area contributed by atoms with Gasteiger partial charge in [-0.05, 0) is 19.8 Å². The highest BCUT2D eigenvalue weighted by atomic mass is 16.5. The molecule has 0 aliphatic heterocycles. The van der Waals surface area contributed by atoms with Gasteiger partial charge in [-0.15, -0.1) is 10.2 Å². The fraction of sp³-hybridized carbons (Fsp3) is 0.800. The molecule has 0 unspecified atom stereocenters. The zero-order valence-electron chi connectivity index (χ0n) is 9.61. The van der Waals surface area contributed by atoms with Crippen LogP contribution < -0.4 is 0 Å². The van der Waals surface area contributed by atoms with Gasteiger partial charge >= 0.3 is 0 Å². The smallest absolute Gasteiger partial charge is 0.164 e. The molecule has 14 heavy (non-hydrogen) atoms. The highest BCUT2D eigenvalue weighted by molar-refractivity contribution is 4.98. The number of ether oxygens (including phenoxy) is 1. The van der Waals surface area contributed by atoms with E-state index >= 15 is 0 Å². The van der Waals surface area contributed by atoms with E-state index in [4.69, 9.17) is 4.74 Å². The second-order valence-electron chi connectivity index (χ2n) is 4.42. The summed E-state index contributed by atoms with van der Waals surface area (Å²) < 4.78 is 7.43. The van der Waals surface area contributed by atoms with Gasteiger partial charge in [0.2, 0.25) is 0 Å². The molecule has 80 valence electrons. The largest absolute Gasteiger partial charge is 0.371 e. The van der Waals surface area contributed by atoms with Gasteiger partial charge in [0.15, 0.2) is 5.82 Å². The van der Waals surface area contributed by atoms with Gasteiger partial charge in [0.25, 0.3) is 0 Å². The molecule has 4 nitrogen and oxygen atoms in total. The van der Waals surface area contributed by atoms with E-state index in [-0.39, 0.29) is 5.60 Å². The van der Waals surface area contributed by atoms with Gasteiger partial charge in [-0.1, -0.05) is 13.8 Å². The molecule has 0 aliphatic rings. The van der Waals surface area contributed by atoms with Crippen molar-refractivity contribution in [2.75, 3.05) is 7.11 Å². The first-order valence-corrected chi connectivity index (χ1v) is 4.91. The normalized spacial score (nSPS) is 12.4. The third-order valence-electron chi connectivity index (χ3n) is 2.23. The van der Waals surface area contributed by atoms with Crippen LogP contribution in [0.4, 0.5) is 0 Å². The molecular weight excluding hydrogens is 178 g/mol. The van der Waals surface area contributed by atoms with Crippen LogP contribution in [-0.4, -0.2) is 21.9 Å². The second-order valence-corrected chi connectivity index (χ2v) is 4.42. The Hall–Kier alpha value is -0.900. The van der Waals surface area contributed by atoms with Gasteiger partial charge < -0.3 is 9.30 Å². The SMILES string of the molecule is COC(C)(C)c1nncn1CC(C)C. The molecule has 1 heterocycles. The Morgan fingerprint density at radius 2 is 2.14 bits per heavy atom. The van der Waals surface area contributed by atoms with Crippen LogP contribution in [0.5, 0.6) is 0 Å². The van der Waals surface area contributed by atoms with Crippen LogP contribution >= 0.6 is 0 Å². The molecule has 0 atom stereocenters. The zero-order valence-corrected chi connectivity index (χ0v) is 9.61. The molecule has 0 spiro atoms. The number of methoxy groups -OCH3 is 1. The lowest BCUT2D eigenvalue weighted by Crippen LogP contribution is -2.25. The van der Waals surface area contributed by atoms with Gasteiger partial charge in [-0.2, -0.15) is 0 Å². The number of hydrogen-bond acceptors (Lipinski definition) is 3. The maximum absolute atomic E-state index is 5.38. The fourth-order valence-electron chi connectivity index (χ4n) is 1.34. The van der Waals surface area contributed by atoms with Crippen LogP contribution in [0.25, 0.3) is 0 Å². The Morgan fingerprint density at radius 3 is 2.64 bits per heavy atom. The Balaban J connectivity index is 2.92. The molecule has 0 saturated heterocycles. The Bertz CT molecular complexity index is 291. The predicted octanol–water partition coefficient (Wildman–Crippen LogP) is 1.82. The summed E-state index contributed by atoms with van der Waals surface area (Å²) in [6, 6.07) is 0. The van der Waals surface area contributed by atoms with Crippen molar-refractivity contribution in [2.45, 2.75) is 39.8 Å². The summed E-state index contributed by atoms with van der Waals surface area (Å²) >= 11 is 0. The van der Waals surface area contributed by atoms with Crippen molar-refractivity contribution in [3.8, 4) is 0 Å². The molecule has 0 bridgehead atoms. The summed E-state index contributed by atoms with van der Waals surface area (Å²) in [5.74, 6) is 1.46. The van der Waals surface area contributed by atoms with Crippen molar-refractivity contribution >= 4 is 0 Å². The highest BCUT2D eigenvalue weighted by Crippen LogP contribution is 2.21. The summed E-state index contributed by atoms with van der Waals surface area (Å²) in [6.45, 7) is 9.25. The van der Waals surface area contributed by atoms with E-state index in [1.165, 1.54) is 0 Å². The average molecular weight is 197 g/mol. The van der Waals surface area contributed by atoms with Crippen molar-refractivity contribution < 1.29 is 4.74 Å². The molecule has 0 radical (unpaired) electrons. The third kappa shape index (κ3) is 2.32. The molecule has 0 fully saturated rings. The van der Waals surface area contributed by atoms with Crippen molar-refractivity contribution in [1.29, 1.82) is 0 Å². The van der Waals surface area contributed by atoms with Crippen molar-refractivity contribution in [1.82, 2.24) is 14.8 Å². The molecular formula is C10H19N3O. The number of hydrogen-bond donors (Lipinski definition) is 0. The van der Waals surface area contributed by atoms with Crippen molar-refractivity contribution in [3.05, 3.63) is 12.2 Å². The first kappa shape index (κ1) is 11.2. The molecule has 1 rings (SSSR count). The highest BCUT2D eigenvalue weighted by Gasteiger charge is 2.25. The van der Waals surface area contributed by atoms with Crippen molar-refractivity contribution in [2.24, 2.45) is 5.92 Å². The first-order chi connectivity index (χ1) is 6.47. The van der Waals surface area contributed by atoms with Gasteiger partial charge in [0.05, 0.1) is 0 Å². The first-order valence-electron chi connectivity index (χ1n) is 4.91. The summed E-state index contributed by atoms with van der Waals surface area (Å²) in [5, 5.41) is 8.02. The molecule has 4 heteroatoms. The summed E-state index contributed by atoms with van der Waals surface area (Å²) in [5.41, 5.74) is -0.370. The lowest BCUT2D eigenvalue weighted by molar-refractivity contribution is 0.00780. The minimum absolute atomic E-state index is 0.370. The number of rotatable bonds is 4. The maximum atomic E-state index is 5.38. The molecule has 0 aromatic carbocycles. The monoisotopic (exact) mass is 197 g/mol. The maximum Gasteiger partial charge on any atom is 0.164 e. The van der Waals surface area contributed by atoms with Gasteiger partial charge in [-0.25, -0.2) is 0 Å². The fourth-order valence-corrected chi connectivity index (χ4v) is 1.34. The molecule has 0 N–H and O–H groups in total. The predicted molar refractivity (Wildman–Crippen MR) is 54.9 cm³/mol. The van der Waals surface area contributed by atoms with Crippen LogP contribution in [0.1, 0.15) is 33.5 Å². The third-order valence-corrected chi connectivity index (χ3v) is 2.23. The Labute approximate surface area is 85.3 Å². The van der Waals surface area contributed by atoms with Gasteiger partial charge in [0, 0.05) is 13.7 Å². The molecule has 0 saturated carbocycles. The summed E-state index contributed by atoms with van der Waals surface area (Å²) in [6.07, 6.45) is 1.76. The number of nitrogens with zero attached hydrogens (tertiary/aromatic N) is 3. The number of aromatic nitrogens is 3. The quantitative estimate of drug-likeness (QED) is 0.739. The Morgan fingerprint density at radius 1 is 1.50 bits per heavy atom. The van der Waals surface area contributed by atoms with Crippen molar-refractivity contribution in [3.63, 3.8) is 0 Å². The minimum Gasteiger partial charge on any atom is -0.371 e.